The number of hydrogen-bond acceptors (Lipinski definition) is 3. The summed E-state index contributed by atoms with van der Waals surface area (Å²) in [6.45, 7) is 9.75. The first-order chi connectivity index (χ1) is 8.90. The summed E-state index contributed by atoms with van der Waals surface area (Å²) >= 11 is 0. The van der Waals surface area contributed by atoms with Gasteiger partial charge in [-0.15, -0.1) is 0 Å². The minimum Gasteiger partial charge on any atom is -0.469 e. The Morgan fingerprint density at radius 2 is 2.21 bits per heavy atom. The second-order valence-electron chi connectivity index (χ2n) is 5.67. The van der Waals surface area contributed by atoms with Crippen molar-refractivity contribution in [3.8, 4) is 0 Å². The molecule has 0 saturated carbocycles. The van der Waals surface area contributed by atoms with E-state index in [0.717, 1.165) is 13.0 Å². The van der Waals surface area contributed by atoms with E-state index in [4.69, 9.17) is 4.74 Å². The zero-order valence-corrected chi connectivity index (χ0v) is 12.7. The highest BCUT2D eigenvalue weighted by Gasteiger charge is 2.29. The molecule has 0 aliphatic heterocycles. The van der Waals surface area contributed by atoms with Gasteiger partial charge in [-0.05, 0) is 45.4 Å². The van der Waals surface area contributed by atoms with Gasteiger partial charge in [0.2, 0.25) is 0 Å². The number of esters is 1. The third-order valence-electron chi connectivity index (χ3n) is 3.29. The number of hydrogen-bond donors (Lipinski definition) is 1. The van der Waals surface area contributed by atoms with Crippen LogP contribution in [0.5, 0.6) is 0 Å². The molecule has 1 atom stereocenters. The monoisotopic (exact) mass is 266 g/mol. The molecule has 0 spiro atoms. The lowest BCUT2D eigenvalue weighted by molar-refractivity contribution is -0.151. The third-order valence-corrected chi connectivity index (χ3v) is 3.29. The van der Waals surface area contributed by atoms with Crippen LogP contribution in [0.4, 0.5) is 0 Å². The van der Waals surface area contributed by atoms with Crippen LogP contribution < -0.4 is 5.32 Å². The zero-order chi connectivity index (χ0) is 14.5. The van der Waals surface area contributed by atoms with E-state index < -0.39 is 5.41 Å². The molecule has 4 heteroatoms. The maximum Gasteiger partial charge on any atom is 0.313 e. The first-order valence-corrected chi connectivity index (χ1v) is 6.88. The van der Waals surface area contributed by atoms with E-state index in [0.29, 0.717) is 12.6 Å². The van der Waals surface area contributed by atoms with Crippen LogP contribution in [-0.2, 0) is 16.1 Å². The van der Waals surface area contributed by atoms with E-state index in [-0.39, 0.29) is 5.97 Å². The maximum atomic E-state index is 11.7. The van der Waals surface area contributed by atoms with Crippen LogP contribution in [-0.4, -0.2) is 24.2 Å². The fourth-order valence-electron chi connectivity index (χ4n) is 2.09. The molecule has 0 aromatic carbocycles. The number of carbonyl (C=O) groups excluding carboxylic acids is 1. The molecule has 1 heterocycles. The molecule has 0 aliphatic rings. The van der Waals surface area contributed by atoms with E-state index in [1.54, 1.807) is 0 Å². The molecular weight excluding hydrogens is 240 g/mol. The molecule has 4 nitrogen and oxygen atoms in total. The van der Waals surface area contributed by atoms with Crippen LogP contribution in [0, 0.1) is 5.41 Å². The number of nitrogens with one attached hydrogen (secondary N) is 1. The minimum atomic E-state index is -0.509. The number of rotatable bonds is 7. The second kappa shape index (κ2) is 6.75. The van der Waals surface area contributed by atoms with Gasteiger partial charge in [-0.25, -0.2) is 0 Å². The van der Waals surface area contributed by atoms with Gasteiger partial charge in [0.15, 0.2) is 0 Å². The van der Waals surface area contributed by atoms with Crippen molar-refractivity contribution < 1.29 is 9.53 Å². The van der Waals surface area contributed by atoms with Crippen molar-refractivity contribution in [2.75, 3.05) is 13.7 Å². The molecule has 0 fully saturated rings. The minimum absolute atomic E-state index is 0.181. The van der Waals surface area contributed by atoms with Crippen molar-refractivity contribution in [1.29, 1.82) is 0 Å². The van der Waals surface area contributed by atoms with Crippen LogP contribution in [0.25, 0.3) is 0 Å². The van der Waals surface area contributed by atoms with Gasteiger partial charge in [0.25, 0.3) is 0 Å². The summed E-state index contributed by atoms with van der Waals surface area (Å²) < 4.78 is 6.88. The quantitative estimate of drug-likeness (QED) is 0.772. The fourth-order valence-corrected chi connectivity index (χ4v) is 2.09. The average molecular weight is 266 g/mol. The van der Waals surface area contributed by atoms with E-state index in [9.17, 15) is 4.79 Å². The molecule has 1 unspecified atom stereocenters. The number of methoxy groups -OCH3 is 1. The maximum absolute atomic E-state index is 11.7. The Morgan fingerprint density at radius 1 is 1.53 bits per heavy atom. The summed E-state index contributed by atoms with van der Waals surface area (Å²) in [5.74, 6) is -0.181. The lowest BCUT2D eigenvalue weighted by atomic mass is 9.94. The van der Waals surface area contributed by atoms with Crippen molar-refractivity contribution in [3.05, 3.63) is 24.0 Å². The molecule has 0 aliphatic carbocycles. The summed E-state index contributed by atoms with van der Waals surface area (Å²) in [4.78, 5) is 11.7. The number of nitrogens with zero attached hydrogens (tertiary/aromatic N) is 1. The van der Waals surface area contributed by atoms with Crippen LogP contribution in [0.15, 0.2) is 18.5 Å². The van der Waals surface area contributed by atoms with Crippen molar-refractivity contribution in [2.24, 2.45) is 5.41 Å². The summed E-state index contributed by atoms with van der Waals surface area (Å²) in [7, 11) is 1.43. The molecule has 0 saturated heterocycles. The number of aromatic nitrogens is 1. The van der Waals surface area contributed by atoms with Crippen molar-refractivity contribution in [3.63, 3.8) is 0 Å². The van der Waals surface area contributed by atoms with Crippen LogP contribution in [0.2, 0.25) is 0 Å². The molecule has 1 rings (SSSR count). The SMILES string of the molecule is CCCNC(C)c1ccn(CC(C)(C)C(=O)OC)c1. The molecular formula is C15H26N2O2. The van der Waals surface area contributed by atoms with Crippen molar-refractivity contribution in [1.82, 2.24) is 9.88 Å². The summed E-state index contributed by atoms with van der Waals surface area (Å²) in [5, 5.41) is 3.45. The molecule has 0 amide bonds. The van der Waals surface area contributed by atoms with E-state index in [1.807, 2.05) is 20.0 Å². The second-order valence-corrected chi connectivity index (χ2v) is 5.67. The molecule has 1 N–H and O–H groups in total. The number of ether oxygens (including phenoxy) is 1. The van der Waals surface area contributed by atoms with Gasteiger partial charge in [-0.3, -0.25) is 4.79 Å². The predicted molar refractivity (Wildman–Crippen MR) is 76.9 cm³/mol. The first-order valence-electron chi connectivity index (χ1n) is 6.88. The Kier molecular flexibility index (Phi) is 5.60. The summed E-state index contributed by atoms with van der Waals surface area (Å²) in [6, 6.07) is 2.43. The average Bonchev–Trinajstić information content (AvgIpc) is 2.82. The van der Waals surface area contributed by atoms with Gasteiger partial charge >= 0.3 is 5.97 Å². The Hall–Kier alpha value is -1.29. The summed E-state index contributed by atoms with van der Waals surface area (Å²) in [5.41, 5.74) is 0.736. The standard InChI is InChI=1S/C15H26N2O2/c1-6-8-16-12(2)13-7-9-17(10-13)11-15(3,4)14(18)19-5/h7,9-10,12,16H,6,8,11H2,1-5H3. The van der Waals surface area contributed by atoms with Crippen LogP contribution >= 0.6 is 0 Å². The van der Waals surface area contributed by atoms with Gasteiger partial charge in [0.1, 0.15) is 0 Å². The summed E-state index contributed by atoms with van der Waals surface area (Å²) in [6.07, 6.45) is 5.24. The van der Waals surface area contributed by atoms with Gasteiger partial charge in [0, 0.05) is 25.0 Å². The normalized spacial score (nSPS) is 13.3. The topological polar surface area (TPSA) is 43.3 Å². The largest absolute Gasteiger partial charge is 0.469 e. The number of carbonyl (C=O) groups is 1. The van der Waals surface area contributed by atoms with Crippen LogP contribution in [0.3, 0.4) is 0 Å². The molecule has 1 aromatic rings. The first kappa shape index (κ1) is 15.8. The Balaban J connectivity index is 2.67. The van der Waals surface area contributed by atoms with Crippen molar-refractivity contribution >= 4 is 5.97 Å². The highest BCUT2D eigenvalue weighted by atomic mass is 16.5. The molecule has 1 aromatic heterocycles. The Bertz CT molecular complexity index is 410. The van der Waals surface area contributed by atoms with Gasteiger partial charge in [-0.2, -0.15) is 0 Å². The molecule has 0 radical (unpaired) electrons. The Morgan fingerprint density at radius 3 is 2.79 bits per heavy atom. The van der Waals surface area contributed by atoms with E-state index >= 15 is 0 Å². The zero-order valence-electron chi connectivity index (χ0n) is 12.7. The highest BCUT2D eigenvalue weighted by Crippen LogP contribution is 2.22. The molecule has 19 heavy (non-hydrogen) atoms. The lowest BCUT2D eigenvalue weighted by Gasteiger charge is -2.22. The molecule has 108 valence electrons. The predicted octanol–water partition coefficient (Wildman–Crippen LogP) is 2.75. The Labute approximate surface area is 116 Å². The fraction of sp³-hybridized carbons (Fsp3) is 0.667. The van der Waals surface area contributed by atoms with Gasteiger partial charge < -0.3 is 14.6 Å². The molecule has 0 bridgehead atoms. The third kappa shape index (κ3) is 4.39. The van der Waals surface area contributed by atoms with Crippen molar-refractivity contribution in [2.45, 2.75) is 46.7 Å². The highest BCUT2D eigenvalue weighted by molar-refractivity contribution is 5.75. The smallest absolute Gasteiger partial charge is 0.313 e. The van der Waals surface area contributed by atoms with Gasteiger partial charge in [-0.1, -0.05) is 6.92 Å². The lowest BCUT2D eigenvalue weighted by Crippen LogP contribution is -2.30. The van der Waals surface area contributed by atoms with E-state index in [1.165, 1.54) is 12.7 Å². The van der Waals surface area contributed by atoms with E-state index in [2.05, 4.69) is 36.0 Å². The van der Waals surface area contributed by atoms with Crippen LogP contribution in [0.1, 0.15) is 45.7 Å². The van der Waals surface area contributed by atoms with Gasteiger partial charge in [0.05, 0.1) is 12.5 Å².